The van der Waals surface area contributed by atoms with Crippen molar-refractivity contribution in [3.8, 4) is 0 Å². The molecule has 1 fully saturated rings. The van der Waals surface area contributed by atoms with Crippen molar-refractivity contribution in [3.63, 3.8) is 0 Å². The highest BCUT2D eigenvalue weighted by Crippen LogP contribution is 2.49. The van der Waals surface area contributed by atoms with E-state index >= 15 is 0 Å². The zero-order chi connectivity index (χ0) is 13.6. The first-order valence-electron chi connectivity index (χ1n) is 5.57. The van der Waals surface area contributed by atoms with E-state index in [1.54, 1.807) is 25.1 Å². The van der Waals surface area contributed by atoms with E-state index in [-0.39, 0.29) is 0 Å². The van der Waals surface area contributed by atoms with Crippen molar-refractivity contribution in [1.82, 2.24) is 0 Å². The Labute approximate surface area is 106 Å². The van der Waals surface area contributed by atoms with Gasteiger partial charge in [0.2, 0.25) is 10.0 Å². The van der Waals surface area contributed by atoms with Crippen LogP contribution in [0.1, 0.15) is 24.0 Å². The molecular weight excluding hydrogens is 254 g/mol. The first-order chi connectivity index (χ1) is 8.24. The first kappa shape index (κ1) is 12.9. The normalized spacial score (nSPS) is 17.2. The molecule has 0 saturated heterocycles. The van der Waals surface area contributed by atoms with E-state index in [1.807, 2.05) is 0 Å². The molecule has 0 heterocycles. The predicted octanol–water partition coefficient (Wildman–Crippen LogP) is 1.48. The van der Waals surface area contributed by atoms with E-state index in [9.17, 15) is 18.3 Å². The fourth-order valence-corrected chi connectivity index (χ4v) is 2.60. The van der Waals surface area contributed by atoms with Gasteiger partial charge in [-0.1, -0.05) is 12.1 Å². The lowest BCUT2D eigenvalue weighted by Crippen LogP contribution is -2.20. The summed E-state index contributed by atoms with van der Waals surface area (Å²) >= 11 is 0. The largest absolute Gasteiger partial charge is 0.481 e. The highest BCUT2D eigenvalue weighted by Gasteiger charge is 2.51. The van der Waals surface area contributed by atoms with Crippen LogP contribution in [0, 0.1) is 6.92 Å². The summed E-state index contributed by atoms with van der Waals surface area (Å²) in [6.07, 6.45) is 2.27. The standard InChI is InChI=1S/C12H15NO4S/c1-8-3-4-9(12(5-6-12)11(14)15)7-10(8)13-18(2,16)17/h3-4,7,13H,5-6H2,1-2H3,(H,14,15). The Balaban J connectivity index is 2.42. The van der Waals surface area contributed by atoms with E-state index in [4.69, 9.17) is 0 Å². The summed E-state index contributed by atoms with van der Waals surface area (Å²) in [5, 5.41) is 9.21. The monoisotopic (exact) mass is 269 g/mol. The van der Waals surface area contributed by atoms with Gasteiger partial charge >= 0.3 is 5.97 Å². The molecule has 18 heavy (non-hydrogen) atoms. The minimum absolute atomic E-state index is 0.447. The van der Waals surface area contributed by atoms with Crippen molar-refractivity contribution in [2.45, 2.75) is 25.2 Å². The summed E-state index contributed by atoms with van der Waals surface area (Å²) in [5.41, 5.74) is 1.06. The zero-order valence-corrected chi connectivity index (χ0v) is 11.0. The highest BCUT2D eigenvalue weighted by atomic mass is 32.2. The Hall–Kier alpha value is -1.56. The van der Waals surface area contributed by atoms with Gasteiger partial charge in [-0.15, -0.1) is 0 Å². The number of anilines is 1. The van der Waals surface area contributed by atoms with Crippen molar-refractivity contribution in [1.29, 1.82) is 0 Å². The van der Waals surface area contributed by atoms with Crippen LogP contribution in [0.4, 0.5) is 5.69 Å². The van der Waals surface area contributed by atoms with Crippen LogP contribution < -0.4 is 4.72 Å². The Morgan fingerprint density at radius 3 is 2.44 bits per heavy atom. The molecule has 0 amide bonds. The summed E-state index contributed by atoms with van der Waals surface area (Å²) in [5.74, 6) is -0.850. The zero-order valence-electron chi connectivity index (χ0n) is 10.2. The minimum atomic E-state index is -3.36. The molecule has 1 aromatic rings. The van der Waals surface area contributed by atoms with Gasteiger partial charge in [-0.2, -0.15) is 0 Å². The molecule has 1 aliphatic rings. The number of aryl methyl sites for hydroxylation is 1. The van der Waals surface area contributed by atoms with Gasteiger partial charge in [-0.25, -0.2) is 8.42 Å². The van der Waals surface area contributed by atoms with E-state index in [2.05, 4.69) is 4.72 Å². The maximum absolute atomic E-state index is 11.2. The van der Waals surface area contributed by atoms with Gasteiger partial charge in [0.25, 0.3) is 0 Å². The van der Waals surface area contributed by atoms with Crippen LogP contribution >= 0.6 is 0 Å². The van der Waals surface area contributed by atoms with E-state index in [1.165, 1.54) is 0 Å². The van der Waals surface area contributed by atoms with Gasteiger partial charge < -0.3 is 5.11 Å². The SMILES string of the molecule is Cc1ccc(C2(C(=O)O)CC2)cc1NS(C)(=O)=O. The number of hydrogen-bond donors (Lipinski definition) is 2. The molecule has 0 aliphatic heterocycles. The number of carboxylic acid groups (broad SMARTS) is 1. The van der Waals surface area contributed by atoms with Gasteiger partial charge in [0.15, 0.2) is 0 Å². The average molecular weight is 269 g/mol. The van der Waals surface area contributed by atoms with Crippen molar-refractivity contribution in [2.75, 3.05) is 11.0 Å². The van der Waals surface area contributed by atoms with Gasteiger partial charge in [0, 0.05) is 0 Å². The molecule has 6 heteroatoms. The van der Waals surface area contributed by atoms with E-state index < -0.39 is 21.4 Å². The fraction of sp³-hybridized carbons (Fsp3) is 0.417. The summed E-state index contributed by atoms with van der Waals surface area (Å²) in [6.45, 7) is 1.78. The molecular formula is C12H15NO4S. The molecule has 1 saturated carbocycles. The van der Waals surface area contributed by atoms with Crippen LogP contribution in [0.15, 0.2) is 18.2 Å². The quantitative estimate of drug-likeness (QED) is 0.867. The molecule has 2 rings (SSSR count). The summed E-state index contributed by atoms with van der Waals surface area (Å²) in [4.78, 5) is 11.2. The number of carboxylic acids is 1. The second-order valence-corrected chi connectivity index (χ2v) is 6.54. The Morgan fingerprint density at radius 2 is 2.00 bits per heavy atom. The third kappa shape index (κ3) is 2.33. The van der Waals surface area contributed by atoms with Crippen molar-refractivity contribution < 1.29 is 18.3 Å². The van der Waals surface area contributed by atoms with Crippen LogP contribution in [0.2, 0.25) is 0 Å². The molecule has 0 atom stereocenters. The second kappa shape index (κ2) is 3.98. The molecule has 0 aromatic heterocycles. The van der Waals surface area contributed by atoms with Crippen molar-refractivity contribution >= 4 is 21.7 Å². The van der Waals surface area contributed by atoms with Gasteiger partial charge in [0.05, 0.1) is 17.4 Å². The lowest BCUT2D eigenvalue weighted by atomic mass is 9.94. The van der Waals surface area contributed by atoms with E-state index in [0.717, 1.165) is 11.8 Å². The van der Waals surface area contributed by atoms with Gasteiger partial charge in [-0.3, -0.25) is 9.52 Å². The van der Waals surface area contributed by atoms with Crippen LogP contribution in [-0.4, -0.2) is 25.7 Å². The molecule has 0 spiro atoms. The topological polar surface area (TPSA) is 83.5 Å². The fourth-order valence-electron chi connectivity index (χ4n) is 1.98. The third-order valence-corrected chi connectivity index (χ3v) is 3.84. The van der Waals surface area contributed by atoms with Crippen LogP contribution in [0.25, 0.3) is 0 Å². The summed E-state index contributed by atoms with van der Waals surface area (Å²) < 4.78 is 24.9. The summed E-state index contributed by atoms with van der Waals surface area (Å²) in [7, 11) is -3.36. The van der Waals surface area contributed by atoms with Crippen LogP contribution in [0.3, 0.4) is 0 Å². The lowest BCUT2D eigenvalue weighted by Gasteiger charge is -2.14. The summed E-state index contributed by atoms with van der Waals surface area (Å²) in [6, 6.07) is 5.12. The van der Waals surface area contributed by atoms with Crippen molar-refractivity contribution in [2.24, 2.45) is 0 Å². The molecule has 98 valence electrons. The number of sulfonamides is 1. The minimum Gasteiger partial charge on any atom is -0.481 e. The van der Waals surface area contributed by atoms with Gasteiger partial charge in [-0.05, 0) is 37.0 Å². The first-order valence-corrected chi connectivity index (χ1v) is 7.46. The van der Waals surface area contributed by atoms with E-state index in [0.29, 0.717) is 24.1 Å². The predicted molar refractivity (Wildman–Crippen MR) is 68.2 cm³/mol. The third-order valence-electron chi connectivity index (χ3n) is 3.24. The smallest absolute Gasteiger partial charge is 0.314 e. The number of benzene rings is 1. The molecule has 1 aliphatic carbocycles. The Kier molecular flexibility index (Phi) is 2.85. The van der Waals surface area contributed by atoms with Crippen LogP contribution in [0.5, 0.6) is 0 Å². The molecule has 0 radical (unpaired) electrons. The maximum atomic E-state index is 11.2. The Morgan fingerprint density at radius 1 is 1.39 bits per heavy atom. The second-order valence-electron chi connectivity index (χ2n) is 4.79. The number of aliphatic carboxylic acids is 1. The number of hydrogen-bond acceptors (Lipinski definition) is 3. The van der Waals surface area contributed by atoms with Gasteiger partial charge in [0.1, 0.15) is 0 Å². The molecule has 0 unspecified atom stereocenters. The number of rotatable bonds is 4. The molecule has 0 bridgehead atoms. The maximum Gasteiger partial charge on any atom is 0.314 e. The Bertz CT molecular complexity index is 603. The highest BCUT2D eigenvalue weighted by molar-refractivity contribution is 7.92. The molecule has 2 N–H and O–H groups in total. The molecule has 5 nitrogen and oxygen atoms in total. The van der Waals surface area contributed by atoms with Crippen LogP contribution in [-0.2, 0) is 20.2 Å². The number of nitrogens with one attached hydrogen (secondary N) is 1. The average Bonchev–Trinajstić information content (AvgIpc) is 3.00. The molecule has 1 aromatic carbocycles. The number of carbonyl (C=O) groups is 1. The van der Waals surface area contributed by atoms with Crippen molar-refractivity contribution in [3.05, 3.63) is 29.3 Å². The lowest BCUT2D eigenvalue weighted by molar-refractivity contribution is -0.140.